The second-order valence-corrected chi connectivity index (χ2v) is 1.75. The zero-order valence-electron chi connectivity index (χ0n) is 5.82. The average molecular weight is 137 g/mol. The van der Waals surface area contributed by atoms with Crippen LogP contribution in [0.2, 0.25) is 0 Å². The molecule has 1 aromatic heterocycles. The summed E-state index contributed by atoms with van der Waals surface area (Å²) in [5, 5.41) is 1.35. The molecule has 1 radical (unpaired) electrons. The van der Waals surface area contributed by atoms with Crippen LogP contribution in [0.4, 0.5) is 5.82 Å². The van der Waals surface area contributed by atoms with E-state index in [9.17, 15) is 0 Å². The van der Waals surface area contributed by atoms with Gasteiger partial charge < -0.3 is 0 Å². The molecule has 0 aliphatic rings. The van der Waals surface area contributed by atoms with E-state index in [0.29, 0.717) is 5.82 Å². The number of hydrogen-bond donors (Lipinski definition) is 0. The fourth-order valence-corrected chi connectivity index (χ4v) is 0.595. The minimum Gasteiger partial charge on any atom is -0.275 e. The van der Waals surface area contributed by atoms with E-state index in [1.54, 1.807) is 13.3 Å². The maximum Gasteiger partial charge on any atom is 0.152 e. The van der Waals surface area contributed by atoms with E-state index in [0.717, 1.165) is 0 Å². The van der Waals surface area contributed by atoms with Crippen molar-refractivity contribution in [3.05, 3.63) is 31.4 Å². The predicted molar refractivity (Wildman–Crippen MR) is 39.1 cm³/mol. The summed E-state index contributed by atoms with van der Waals surface area (Å²) >= 11 is 0. The molecule has 1 aromatic rings. The molecule has 0 atom stereocenters. The Balaban J connectivity index is 2.75. The van der Waals surface area contributed by atoms with Gasteiger partial charge in [0.05, 0.1) is 14.2 Å². The van der Waals surface area contributed by atoms with Crippen LogP contribution in [0.5, 0.6) is 0 Å². The molecule has 0 N–H and O–H groups in total. The van der Waals surface area contributed by atoms with Crippen LogP contribution in [0.25, 0.3) is 0 Å². The standard InChI is InChI=1S/C7H9N2O/c1-9(10-2)7-5-3-4-6-8-7/h3-6H,1H2,2H3. The smallest absolute Gasteiger partial charge is 0.152 e. The largest absolute Gasteiger partial charge is 0.275 e. The van der Waals surface area contributed by atoms with E-state index in [2.05, 4.69) is 12.0 Å². The summed E-state index contributed by atoms with van der Waals surface area (Å²) in [6, 6.07) is 5.53. The third-order valence-corrected chi connectivity index (χ3v) is 1.13. The summed E-state index contributed by atoms with van der Waals surface area (Å²) in [6.07, 6.45) is 1.69. The van der Waals surface area contributed by atoms with Crippen LogP contribution in [-0.2, 0) is 4.84 Å². The second kappa shape index (κ2) is 3.17. The van der Waals surface area contributed by atoms with Gasteiger partial charge in [-0.05, 0) is 12.1 Å². The van der Waals surface area contributed by atoms with Gasteiger partial charge in [-0.3, -0.25) is 4.84 Å². The Morgan fingerprint density at radius 2 is 2.40 bits per heavy atom. The summed E-state index contributed by atoms with van der Waals surface area (Å²) < 4.78 is 0. The number of nitrogens with zero attached hydrogens (tertiary/aromatic N) is 2. The minimum atomic E-state index is 0.699. The molecule has 0 saturated carbocycles. The molecule has 53 valence electrons. The summed E-state index contributed by atoms with van der Waals surface area (Å²) in [5.74, 6) is 0.699. The van der Waals surface area contributed by atoms with Crippen molar-refractivity contribution >= 4 is 5.82 Å². The van der Waals surface area contributed by atoms with E-state index < -0.39 is 0 Å². The fraction of sp³-hybridized carbons (Fsp3) is 0.143. The number of rotatable bonds is 2. The molecule has 1 rings (SSSR count). The lowest BCUT2D eigenvalue weighted by Gasteiger charge is -2.12. The van der Waals surface area contributed by atoms with Gasteiger partial charge in [0.1, 0.15) is 0 Å². The maximum absolute atomic E-state index is 4.80. The highest BCUT2D eigenvalue weighted by atomic mass is 16.7. The van der Waals surface area contributed by atoms with Gasteiger partial charge in [-0.15, -0.1) is 0 Å². The summed E-state index contributed by atoms with van der Waals surface area (Å²) in [7, 11) is 5.12. The Morgan fingerprint density at radius 3 is 2.90 bits per heavy atom. The Hall–Kier alpha value is -1.09. The van der Waals surface area contributed by atoms with Crippen molar-refractivity contribution in [2.75, 3.05) is 12.2 Å². The lowest BCUT2D eigenvalue weighted by molar-refractivity contribution is 0.193. The van der Waals surface area contributed by atoms with Crippen LogP contribution in [-0.4, -0.2) is 12.1 Å². The van der Waals surface area contributed by atoms with Gasteiger partial charge in [0.2, 0.25) is 0 Å². The van der Waals surface area contributed by atoms with E-state index in [-0.39, 0.29) is 0 Å². The minimum absolute atomic E-state index is 0.699. The van der Waals surface area contributed by atoms with Gasteiger partial charge in [-0.2, -0.15) is 0 Å². The molecular formula is C7H9N2O. The van der Waals surface area contributed by atoms with Gasteiger partial charge in [-0.25, -0.2) is 10.0 Å². The van der Waals surface area contributed by atoms with Gasteiger partial charge in [-0.1, -0.05) is 6.07 Å². The highest BCUT2D eigenvalue weighted by molar-refractivity contribution is 5.34. The Labute approximate surface area is 60.2 Å². The van der Waals surface area contributed by atoms with Crippen LogP contribution < -0.4 is 5.06 Å². The molecule has 0 amide bonds. The Kier molecular flexibility index (Phi) is 2.23. The van der Waals surface area contributed by atoms with Gasteiger partial charge in [0, 0.05) is 6.20 Å². The first-order valence-electron chi connectivity index (χ1n) is 2.90. The molecule has 0 saturated heterocycles. The van der Waals surface area contributed by atoms with Crippen molar-refractivity contribution in [1.82, 2.24) is 4.98 Å². The van der Waals surface area contributed by atoms with Crippen molar-refractivity contribution in [2.24, 2.45) is 0 Å². The van der Waals surface area contributed by atoms with Crippen LogP contribution in [0.3, 0.4) is 0 Å². The van der Waals surface area contributed by atoms with E-state index in [4.69, 9.17) is 4.84 Å². The molecular weight excluding hydrogens is 128 g/mol. The topological polar surface area (TPSA) is 25.4 Å². The van der Waals surface area contributed by atoms with Crippen LogP contribution in [0.1, 0.15) is 0 Å². The summed E-state index contributed by atoms with van der Waals surface area (Å²) in [6.45, 7) is 0. The van der Waals surface area contributed by atoms with E-state index in [1.165, 1.54) is 5.06 Å². The quantitative estimate of drug-likeness (QED) is 0.573. The van der Waals surface area contributed by atoms with Crippen molar-refractivity contribution in [3.63, 3.8) is 0 Å². The number of aromatic nitrogens is 1. The van der Waals surface area contributed by atoms with Crippen LogP contribution in [0, 0.1) is 7.05 Å². The monoisotopic (exact) mass is 137 g/mol. The number of hydroxylamine groups is 1. The molecule has 0 bridgehead atoms. The first-order chi connectivity index (χ1) is 4.84. The molecule has 0 aromatic carbocycles. The lowest BCUT2D eigenvalue weighted by Crippen LogP contribution is -2.12. The summed E-state index contributed by atoms with van der Waals surface area (Å²) in [5.41, 5.74) is 0. The molecule has 0 spiro atoms. The molecule has 10 heavy (non-hydrogen) atoms. The third kappa shape index (κ3) is 1.45. The van der Waals surface area contributed by atoms with Gasteiger partial charge >= 0.3 is 0 Å². The Morgan fingerprint density at radius 1 is 1.60 bits per heavy atom. The predicted octanol–water partition coefficient (Wildman–Crippen LogP) is 1.24. The highest BCUT2D eigenvalue weighted by Gasteiger charge is 1.95. The normalized spacial score (nSPS) is 9.40. The molecule has 1 heterocycles. The zero-order chi connectivity index (χ0) is 7.40. The summed E-state index contributed by atoms with van der Waals surface area (Å²) in [4.78, 5) is 8.78. The molecule has 3 nitrogen and oxygen atoms in total. The SMILES string of the molecule is [CH2]N(OC)c1ccccn1. The molecule has 0 fully saturated rings. The molecule has 0 unspecified atom stereocenters. The lowest BCUT2D eigenvalue weighted by atomic mass is 10.5. The average Bonchev–Trinajstić information content (AvgIpc) is 2.05. The number of pyridine rings is 1. The van der Waals surface area contributed by atoms with Crippen molar-refractivity contribution in [3.8, 4) is 0 Å². The molecule has 3 heteroatoms. The molecule has 0 aliphatic heterocycles. The highest BCUT2D eigenvalue weighted by Crippen LogP contribution is 2.05. The second-order valence-electron chi connectivity index (χ2n) is 1.75. The first-order valence-corrected chi connectivity index (χ1v) is 2.90. The van der Waals surface area contributed by atoms with Gasteiger partial charge in [0.25, 0.3) is 0 Å². The van der Waals surface area contributed by atoms with Crippen molar-refractivity contribution < 1.29 is 4.84 Å². The van der Waals surface area contributed by atoms with Crippen molar-refractivity contribution in [2.45, 2.75) is 0 Å². The van der Waals surface area contributed by atoms with E-state index in [1.807, 2.05) is 18.2 Å². The number of anilines is 1. The fourth-order valence-electron chi connectivity index (χ4n) is 0.595. The Bertz CT molecular complexity index is 188. The molecule has 0 aliphatic carbocycles. The third-order valence-electron chi connectivity index (χ3n) is 1.13. The van der Waals surface area contributed by atoms with Crippen LogP contribution >= 0.6 is 0 Å². The maximum atomic E-state index is 4.80. The van der Waals surface area contributed by atoms with Crippen LogP contribution in [0.15, 0.2) is 24.4 Å². The van der Waals surface area contributed by atoms with Crippen molar-refractivity contribution in [1.29, 1.82) is 0 Å². The zero-order valence-corrected chi connectivity index (χ0v) is 5.82. The van der Waals surface area contributed by atoms with Gasteiger partial charge in [0.15, 0.2) is 5.82 Å². The van der Waals surface area contributed by atoms with E-state index >= 15 is 0 Å². The first kappa shape index (κ1) is 7.02. The number of hydrogen-bond acceptors (Lipinski definition) is 3.